The number of carbonyl (C=O) groups is 1. The first-order chi connectivity index (χ1) is 10.2. The number of para-hydroxylation sites is 1. The molecule has 1 aromatic carbocycles. The second kappa shape index (κ2) is 7.43. The van der Waals surface area contributed by atoms with Crippen LogP contribution in [-0.2, 0) is 17.6 Å². The molecule has 0 bridgehead atoms. The van der Waals surface area contributed by atoms with Crippen molar-refractivity contribution in [3.05, 3.63) is 29.3 Å². The van der Waals surface area contributed by atoms with E-state index in [9.17, 15) is 4.79 Å². The Bertz CT molecular complexity index is 510. The summed E-state index contributed by atoms with van der Waals surface area (Å²) in [5, 5.41) is 1.80. The van der Waals surface area contributed by atoms with Gasteiger partial charge in [-0.25, -0.2) is 5.43 Å². The zero-order valence-electron chi connectivity index (χ0n) is 12.5. The summed E-state index contributed by atoms with van der Waals surface area (Å²) in [7, 11) is 0. The predicted octanol–water partition coefficient (Wildman–Crippen LogP) is 2.15. The van der Waals surface area contributed by atoms with E-state index in [4.69, 9.17) is 11.6 Å². The van der Waals surface area contributed by atoms with Crippen molar-refractivity contribution in [3.8, 4) is 0 Å². The number of nitrogens with zero attached hydrogens (tertiary/aromatic N) is 3. The number of amides is 1. The number of rotatable bonds is 6. The number of halogens is 1. The summed E-state index contributed by atoms with van der Waals surface area (Å²) in [6.45, 7) is 5.13. The number of alkyl halides is 1. The molecule has 0 atom stereocenters. The number of nitrogens with one attached hydrogen (secondary N) is 1. The number of aliphatic imine (C=N–C) groups is 1. The Kier molecular flexibility index (Phi) is 5.59. The molecule has 6 heteroatoms. The molecule has 0 saturated heterocycles. The first-order valence-electron chi connectivity index (χ1n) is 7.18. The summed E-state index contributed by atoms with van der Waals surface area (Å²) in [4.78, 5) is 18.2. The fourth-order valence-corrected chi connectivity index (χ4v) is 2.60. The molecule has 0 aliphatic carbocycles. The van der Waals surface area contributed by atoms with Gasteiger partial charge in [0.15, 0.2) is 0 Å². The monoisotopic (exact) mass is 308 g/mol. The molecule has 1 aromatic rings. The molecule has 0 fully saturated rings. The van der Waals surface area contributed by atoms with Crippen molar-refractivity contribution in [1.29, 1.82) is 0 Å². The Balaban J connectivity index is 2.39. The van der Waals surface area contributed by atoms with Crippen LogP contribution < -0.4 is 10.3 Å². The van der Waals surface area contributed by atoms with Gasteiger partial charge in [0, 0.05) is 0 Å². The summed E-state index contributed by atoms with van der Waals surface area (Å²) in [6, 6.07) is 6.17. The van der Waals surface area contributed by atoms with Gasteiger partial charge in [0.2, 0.25) is 5.91 Å². The molecule has 0 spiro atoms. The maximum atomic E-state index is 12.3. The van der Waals surface area contributed by atoms with Gasteiger partial charge in [-0.2, -0.15) is 0 Å². The maximum absolute atomic E-state index is 12.3. The van der Waals surface area contributed by atoms with Gasteiger partial charge in [0.25, 0.3) is 0 Å². The van der Waals surface area contributed by atoms with Crippen LogP contribution in [0.15, 0.2) is 23.2 Å². The van der Waals surface area contributed by atoms with Crippen molar-refractivity contribution in [3.63, 3.8) is 0 Å². The van der Waals surface area contributed by atoms with E-state index >= 15 is 0 Å². The van der Waals surface area contributed by atoms with Gasteiger partial charge in [0.1, 0.15) is 25.6 Å². The van der Waals surface area contributed by atoms with Crippen LogP contribution in [0.1, 0.15) is 25.0 Å². The number of aryl methyl sites for hydroxylation is 2. The van der Waals surface area contributed by atoms with Crippen molar-refractivity contribution < 1.29 is 4.79 Å². The summed E-state index contributed by atoms with van der Waals surface area (Å²) in [5.74, 6) is -0.138. The van der Waals surface area contributed by atoms with Crippen LogP contribution in [0, 0.1) is 0 Å². The average Bonchev–Trinajstić information content (AvgIpc) is 3.04. The Morgan fingerprint density at radius 2 is 2.05 bits per heavy atom. The van der Waals surface area contributed by atoms with Crippen LogP contribution in [0.4, 0.5) is 5.69 Å². The van der Waals surface area contributed by atoms with E-state index in [1.54, 1.807) is 16.2 Å². The molecule has 0 aromatic heterocycles. The molecule has 2 rings (SSSR count). The van der Waals surface area contributed by atoms with Crippen molar-refractivity contribution in [2.24, 2.45) is 4.99 Å². The Labute approximate surface area is 130 Å². The first-order valence-corrected chi connectivity index (χ1v) is 7.71. The molecule has 21 heavy (non-hydrogen) atoms. The standard InChI is InChI=1S/C15H21ClN4O/c1-3-12-6-5-7-13(4-2)15(12)20(14(21)8-16)11-19-10-17-9-18-19/h5-7,10,18H,3-4,8-9,11H2,1-2H3. The maximum Gasteiger partial charge on any atom is 0.243 e. The predicted molar refractivity (Wildman–Crippen MR) is 86.6 cm³/mol. The highest BCUT2D eigenvalue weighted by atomic mass is 35.5. The minimum absolute atomic E-state index is 0.0355. The van der Waals surface area contributed by atoms with Gasteiger partial charge in [0.05, 0.1) is 5.69 Å². The summed E-state index contributed by atoms with van der Waals surface area (Å²) < 4.78 is 0. The van der Waals surface area contributed by atoms with Crippen LogP contribution in [0.3, 0.4) is 0 Å². The van der Waals surface area contributed by atoms with E-state index in [1.165, 1.54) is 0 Å². The molecule has 114 valence electrons. The normalized spacial score (nSPS) is 13.8. The molecule has 0 saturated carbocycles. The van der Waals surface area contributed by atoms with Gasteiger partial charge >= 0.3 is 0 Å². The lowest BCUT2D eigenvalue weighted by atomic mass is 10.0. The largest absolute Gasteiger partial charge is 0.291 e. The van der Waals surface area contributed by atoms with Crippen LogP contribution in [0.5, 0.6) is 0 Å². The molecule has 1 heterocycles. The van der Waals surface area contributed by atoms with Gasteiger partial charge in [-0.3, -0.25) is 19.7 Å². The third kappa shape index (κ3) is 3.54. The lowest BCUT2D eigenvalue weighted by Crippen LogP contribution is -2.46. The molecule has 1 aliphatic heterocycles. The highest BCUT2D eigenvalue weighted by Gasteiger charge is 2.22. The van der Waals surface area contributed by atoms with Gasteiger partial charge < -0.3 is 0 Å². The minimum Gasteiger partial charge on any atom is -0.291 e. The highest BCUT2D eigenvalue weighted by molar-refractivity contribution is 6.29. The molecular formula is C15H21ClN4O. The second-order valence-corrected chi connectivity index (χ2v) is 5.08. The van der Waals surface area contributed by atoms with Crippen LogP contribution >= 0.6 is 11.6 Å². The molecule has 0 radical (unpaired) electrons. The fraction of sp³-hybridized carbons (Fsp3) is 0.467. The topological polar surface area (TPSA) is 47.9 Å². The smallest absolute Gasteiger partial charge is 0.243 e. The second-order valence-electron chi connectivity index (χ2n) is 4.81. The third-order valence-corrected chi connectivity index (χ3v) is 3.76. The van der Waals surface area contributed by atoms with Crippen LogP contribution in [0.2, 0.25) is 0 Å². The van der Waals surface area contributed by atoms with Crippen molar-refractivity contribution >= 4 is 29.5 Å². The van der Waals surface area contributed by atoms with E-state index in [1.807, 2.05) is 6.07 Å². The summed E-state index contributed by atoms with van der Waals surface area (Å²) in [5.41, 5.74) is 6.38. The quantitative estimate of drug-likeness (QED) is 0.819. The first kappa shape index (κ1) is 15.8. The number of hydrazine groups is 1. The summed E-state index contributed by atoms with van der Waals surface area (Å²) in [6.07, 6.45) is 3.45. The SMILES string of the molecule is CCc1cccc(CC)c1N(CN1C=NCN1)C(=O)CCl. The Morgan fingerprint density at radius 1 is 1.38 bits per heavy atom. The van der Waals surface area contributed by atoms with Crippen LogP contribution in [0.25, 0.3) is 0 Å². The van der Waals surface area contributed by atoms with Gasteiger partial charge in [-0.15, -0.1) is 11.6 Å². The van der Waals surface area contributed by atoms with E-state index in [-0.39, 0.29) is 11.8 Å². The molecular weight excluding hydrogens is 288 g/mol. The molecule has 1 N–H and O–H groups in total. The van der Waals surface area contributed by atoms with E-state index in [0.29, 0.717) is 13.3 Å². The molecule has 5 nitrogen and oxygen atoms in total. The lowest BCUT2D eigenvalue weighted by molar-refractivity contribution is -0.116. The average molecular weight is 309 g/mol. The minimum atomic E-state index is -0.102. The van der Waals surface area contributed by atoms with Crippen molar-refractivity contribution in [2.45, 2.75) is 26.7 Å². The molecule has 1 amide bonds. The number of anilines is 1. The Morgan fingerprint density at radius 3 is 2.52 bits per heavy atom. The van der Waals surface area contributed by atoms with Crippen molar-refractivity contribution in [2.75, 3.05) is 24.1 Å². The molecule has 1 aliphatic rings. The number of carbonyl (C=O) groups excluding carboxylic acids is 1. The number of hydrogen-bond donors (Lipinski definition) is 1. The highest BCUT2D eigenvalue weighted by Crippen LogP contribution is 2.27. The van der Waals surface area contributed by atoms with Crippen LogP contribution in [-0.4, -0.2) is 36.5 Å². The molecule has 0 unspecified atom stereocenters. The summed E-state index contributed by atoms with van der Waals surface area (Å²) >= 11 is 5.81. The van der Waals surface area contributed by atoms with Gasteiger partial charge in [-0.1, -0.05) is 32.0 Å². The number of benzene rings is 1. The third-order valence-electron chi connectivity index (χ3n) is 3.53. The zero-order chi connectivity index (χ0) is 15.2. The Hall–Kier alpha value is -1.59. The van der Waals surface area contributed by atoms with Crippen molar-refractivity contribution in [1.82, 2.24) is 10.4 Å². The number of hydrogen-bond acceptors (Lipinski definition) is 4. The lowest BCUT2D eigenvalue weighted by Gasteiger charge is -2.30. The fourth-order valence-electron chi connectivity index (χ4n) is 2.46. The zero-order valence-corrected chi connectivity index (χ0v) is 13.2. The van der Waals surface area contributed by atoms with E-state index < -0.39 is 0 Å². The van der Waals surface area contributed by atoms with Gasteiger partial charge in [-0.05, 0) is 24.0 Å². The van der Waals surface area contributed by atoms with E-state index in [2.05, 4.69) is 36.4 Å². The van der Waals surface area contributed by atoms with E-state index in [0.717, 1.165) is 29.7 Å².